The molecule has 0 aromatic heterocycles. The van der Waals surface area contributed by atoms with Gasteiger partial charge in [0.25, 0.3) is 0 Å². The summed E-state index contributed by atoms with van der Waals surface area (Å²) >= 11 is 6.44. The van der Waals surface area contributed by atoms with Gasteiger partial charge in [0.1, 0.15) is 11.6 Å². The standard InChI is InChI=1S/C15H14ClFO/c1-10-9-11(7-8-13(10)17)15(16)12-5-3-4-6-14(12)18-2/h3-9,15H,1-2H3. The van der Waals surface area contributed by atoms with Gasteiger partial charge in [-0.1, -0.05) is 30.3 Å². The molecular weight excluding hydrogens is 251 g/mol. The van der Waals surface area contributed by atoms with Crippen LogP contribution in [-0.4, -0.2) is 7.11 Å². The highest BCUT2D eigenvalue weighted by molar-refractivity contribution is 6.22. The lowest BCUT2D eigenvalue weighted by Gasteiger charge is -2.14. The Morgan fingerprint density at radius 2 is 1.89 bits per heavy atom. The number of halogens is 2. The van der Waals surface area contributed by atoms with Crippen molar-refractivity contribution in [1.82, 2.24) is 0 Å². The van der Waals surface area contributed by atoms with E-state index in [-0.39, 0.29) is 11.2 Å². The maximum absolute atomic E-state index is 13.2. The Morgan fingerprint density at radius 3 is 2.56 bits per heavy atom. The van der Waals surface area contributed by atoms with E-state index in [9.17, 15) is 4.39 Å². The molecule has 94 valence electrons. The number of benzene rings is 2. The van der Waals surface area contributed by atoms with E-state index in [0.717, 1.165) is 16.9 Å². The number of aryl methyl sites for hydroxylation is 1. The molecule has 0 aliphatic heterocycles. The van der Waals surface area contributed by atoms with E-state index < -0.39 is 0 Å². The Hall–Kier alpha value is -1.54. The fourth-order valence-electron chi connectivity index (χ4n) is 1.88. The highest BCUT2D eigenvalue weighted by atomic mass is 35.5. The van der Waals surface area contributed by atoms with E-state index in [1.54, 1.807) is 26.2 Å². The largest absolute Gasteiger partial charge is 0.496 e. The molecule has 0 aliphatic carbocycles. The highest BCUT2D eigenvalue weighted by Crippen LogP contribution is 2.35. The van der Waals surface area contributed by atoms with Crippen LogP contribution in [-0.2, 0) is 0 Å². The van der Waals surface area contributed by atoms with Crippen molar-refractivity contribution < 1.29 is 9.13 Å². The van der Waals surface area contributed by atoms with Crippen LogP contribution in [0.3, 0.4) is 0 Å². The molecule has 3 heteroatoms. The summed E-state index contributed by atoms with van der Waals surface area (Å²) in [6, 6.07) is 12.5. The van der Waals surface area contributed by atoms with Gasteiger partial charge in [0.2, 0.25) is 0 Å². The summed E-state index contributed by atoms with van der Waals surface area (Å²) in [5.74, 6) is 0.516. The molecule has 1 nitrogen and oxygen atoms in total. The summed E-state index contributed by atoms with van der Waals surface area (Å²) in [4.78, 5) is 0. The molecule has 0 aliphatic rings. The lowest BCUT2D eigenvalue weighted by Crippen LogP contribution is -1.98. The summed E-state index contributed by atoms with van der Waals surface area (Å²) in [5, 5.41) is -0.347. The molecule has 2 aromatic carbocycles. The first kappa shape index (κ1) is 12.9. The van der Waals surface area contributed by atoms with Gasteiger partial charge in [-0.2, -0.15) is 0 Å². The number of hydrogen-bond acceptors (Lipinski definition) is 1. The van der Waals surface area contributed by atoms with E-state index >= 15 is 0 Å². The predicted octanol–water partition coefficient (Wildman–Crippen LogP) is 4.47. The van der Waals surface area contributed by atoms with E-state index in [4.69, 9.17) is 16.3 Å². The zero-order valence-corrected chi connectivity index (χ0v) is 11.0. The van der Waals surface area contributed by atoms with Crippen LogP contribution in [0.15, 0.2) is 42.5 Å². The van der Waals surface area contributed by atoms with Gasteiger partial charge in [-0.25, -0.2) is 4.39 Å². The van der Waals surface area contributed by atoms with Crippen LogP contribution in [0.5, 0.6) is 5.75 Å². The van der Waals surface area contributed by atoms with Crippen LogP contribution in [0.25, 0.3) is 0 Å². The van der Waals surface area contributed by atoms with Crippen molar-refractivity contribution in [1.29, 1.82) is 0 Å². The second-order valence-corrected chi connectivity index (χ2v) is 4.55. The van der Waals surface area contributed by atoms with Crippen molar-refractivity contribution in [3.63, 3.8) is 0 Å². The normalized spacial score (nSPS) is 12.2. The first-order valence-corrected chi connectivity index (χ1v) is 6.10. The molecule has 0 saturated heterocycles. The second-order valence-electron chi connectivity index (χ2n) is 4.11. The van der Waals surface area contributed by atoms with Gasteiger partial charge in [0, 0.05) is 5.56 Å². The van der Waals surface area contributed by atoms with Crippen molar-refractivity contribution in [3.05, 3.63) is 65.0 Å². The first-order valence-electron chi connectivity index (χ1n) is 5.66. The third kappa shape index (κ3) is 2.49. The van der Waals surface area contributed by atoms with Gasteiger partial charge in [0.05, 0.1) is 12.5 Å². The minimum Gasteiger partial charge on any atom is -0.496 e. The minimum atomic E-state index is -0.347. The van der Waals surface area contributed by atoms with Gasteiger partial charge < -0.3 is 4.74 Å². The molecule has 0 saturated carbocycles. The van der Waals surface area contributed by atoms with Crippen LogP contribution in [0.2, 0.25) is 0 Å². The lowest BCUT2D eigenvalue weighted by atomic mass is 10.0. The number of methoxy groups -OCH3 is 1. The first-order chi connectivity index (χ1) is 8.63. The number of alkyl halides is 1. The predicted molar refractivity (Wildman–Crippen MR) is 71.8 cm³/mol. The third-order valence-corrected chi connectivity index (χ3v) is 3.37. The minimum absolute atomic E-state index is 0.220. The Labute approximate surface area is 111 Å². The van der Waals surface area contributed by atoms with Crippen molar-refractivity contribution in [3.8, 4) is 5.75 Å². The number of ether oxygens (including phenoxy) is 1. The smallest absolute Gasteiger partial charge is 0.126 e. The molecule has 2 rings (SSSR count). The quantitative estimate of drug-likeness (QED) is 0.743. The molecule has 2 aromatic rings. The maximum atomic E-state index is 13.2. The van der Waals surface area contributed by atoms with Crippen LogP contribution < -0.4 is 4.74 Å². The fourth-order valence-corrected chi connectivity index (χ4v) is 2.20. The number of hydrogen-bond donors (Lipinski definition) is 0. The van der Waals surface area contributed by atoms with Gasteiger partial charge in [0.15, 0.2) is 0 Å². The Balaban J connectivity index is 2.41. The SMILES string of the molecule is COc1ccccc1C(Cl)c1ccc(F)c(C)c1. The Kier molecular flexibility index (Phi) is 3.87. The summed E-state index contributed by atoms with van der Waals surface area (Å²) in [7, 11) is 1.61. The van der Waals surface area contributed by atoms with Crippen molar-refractivity contribution in [2.75, 3.05) is 7.11 Å². The molecule has 0 N–H and O–H groups in total. The van der Waals surface area contributed by atoms with Crippen LogP contribution in [0.4, 0.5) is 4.39 Å². The monoisotopic (exact) mass is 264 g/mol. The molecule has 0 spiro atoms. The van der Waals surface area contributed by atoms with E-state index in [1.165, 1.54) is 6.07 Å². The molecule has 0 heterocycles. The average molecular weight is 265 g/mol. The highest BCUT2D eigenvalue weighted by Gasteiger charge is 2.15. The second kappa shape index (κ2) is 5.40. The molecule has 0 amide bonds. The van der Waals surface area contributed by atoms with Crippen LogP contribution in [0.1, 0.15) is 22.1 Å². The van der Waals surface area contributed by atoms with Gasteiger partial charge in [-0.3, -0.25) is 0 Å². The zero-order chi connectivity index (χ0) is 13.1. The molecule has 1 unspecified atom stereocenters. The Morgan fingerprint density at radius 1 is 1.17 bits per heavy atom. The number of para-hydroxylation sites is 1. The molecule has 0 bridgehead atoms. The van der Waals surface area contributed by atoms with Gasteiger partial charge in [-0.05, 0) is 30.2 Å². The molecule has 1 atom stereocenters. The summed E-state index contributed by atoms with van der Waals surface area (Å²) in [5.41, 5.74) is 2.33. The van der Waals surface area contributed by atoms with Crippen molar-refractivity contribution in [2.45, 2.75) is 12.3 Å². The Bertz CT molecular complexity index is 554. The van der Waals surface area contributed by atoms with E-state index in [0.29, 0.717) is 5.56 Å². The van der Waals surface area contributed by atoms with Crippen LogP contribution in [0, 0.1) is 12.7 Å². The molecule has 0 radical (unpaired) electrons. The van der Waals surface area contributed by atoms with Crippen molar-refractivity contribution in [2.24, 2.45) is 0 Å². The topological polar surface area (TPSA) is 9.23 Å². The summed E-state index contributed by atoms with van der Waals surface area (Å²) in [6.07, 6.45) is 0. The fraction of sp³-hybridized carbons (Fsp3) is 0.200. The molecule has 0 fully saturated rings. The number of rotatable bonds is 3. The van der Waals surface area contributed by atoms with Crippen LogP contribution >= 0.6 is 11.6 Å². The third-order valence-electron chi connectivity index (χ3n) is 2.89. The molecular formula is C15H14ClFO. The molecule has 18 heavy (non-hydrogen) atoms. The van der Waals surface area contributed by atoms with Gasteiger partial charge >= 0.3 is 0 Å². The summed E-state index contributed by atoms with van der Waals surface area (Å²) in [6.45, 7) is 1.73. The van der Waals surface area contributed by atoms with E-state index in [2.05, 4.69) is 0 Å². The zero-order valence-electron chi connectivity index (χ0n) is 10.3. The lowest BCUT2D eigenvalue weighted by molar-refractivity contribution is 0.410. The summed E-state index contributed by atoms with van der Waals surface area (Å²) < 4.78 is 18.5. The van der Waals surface area contributed by atoms with E-state index in [1.807, 2.05) is 24.3 Å². The van der Waals surface area contributed by atoms with Crippen molar-refractivity contribution >= 4 is 11.6 Å². The van der Waals surface area contributed by atoms with Gasteiger partial charge in [-0.15, -0.1) is 11.6 Å². The maximum Gasteiger partial charge on any atom is 0.126 e. The average Bonchev–Trinajstić information content (AvgIpc) is 2.41.